The van der Waals surface area contributed by atoms with E-state index in [4.69, 9.17) is 9.84 Å². The average Bonchev–Trinajstić information content (AvgIpc) is 2.25. The van der Waals surface area contributed by atoms with Gasteiger partial charge in [-0.3, -0.25) is 15.4 Å². The van der Waals surface area contributed by atoms with E-state index in [2.05, 4.69) is 5.32 Å². The van der Waals surface area contributed by atoms with Gasteiger partial charge in [0.05, 0.1) is 16.2 Å². The van der Waals surface area contributed by atoms with E-state index >= 15 is 0 Å². The number of ether oxygens (including phenoxy) is 1. The summed E-state index contributed by atoms with van der Waals surface area (Å²) in [6, 6.07) is 3.11. The van der Waals surface area contributed by atoms with Crippen LogP contribution in [-0.4, -0.2) is 27.7 Å². The minimum absolute atomic E-state index is 0.0719. The quantitative estimate of drug-likeness (QED) is 0.649. The standard InChI is InChI=1S/C12H14N2O6/c1-12(2,3)20-11(17)13-9-5-4-7(14(18)19)6-8(9)10(15)16/h4-6H,1-3H3,(H,13,17)(H,15,16). The van der Waals surface area contributed by atoms with E-state index in [1.54, 1.807) is 20.8 Å². The number of non-ortho nitro benzene ring substituents is 1. The Labute approximate surface area is 114 Å². The van der Waals surface area contributed by atoms with E-state index in [0.717, 1.165) is 18.2 Å². The Hall–Kier alpha value is -2.64. The van der Waals surface area contributed by atoms with Crippen LogP contribution < -0.4 is 5.32 Å². The van der Waals surface area contributed by atoms with Crippen LogP contribution in [0.15, 0.2) is 18.2 Å². The maximum Gasteiger partial charge on any atom is 0.412 e. The number of rotatable bonds is 3. The second-order valence-corrected chi connectivity index (χ2v) is 4.92. The number of nitro benzene ring substituents is 1. The van der Waals surface area contributed by atoms with Crippen LogP contribution in [0.4, 0.5) is 16.2 Å². The lowest BCUT2D eigenvalue weighted by Gasteiger charge is -2.20. The smallest absolute Gasteiger partial charge is 0.412 e. The normalized spacial score (nSPS) is 10.8. The molecule has 1 aromatic rings. The SMILES string of the molecule is CC(C)(C)OC(=O)Nc1ccc([N+](=O)[O-])cc1C(=O)O. The van der Waals surface area contributed by atoms with Crippen molar-refractivity contribution in [2.45, 2.75) is 26.4 Å². The Morgan fingerprint density at radius 1 is 1.35 bits per heavy atom. The second kappa shape index (κ2) is 5.55. The first-order valence-corrected chi connectivity index (χ1v) is 5.62. The summed E-state index contributed by atoms with van der Waals surface area (Å²) in [5, 5.41) is 21.9. The van der Waals surface area contributed by atoms with E-state index in [0.29, 0.717) is 0 Å². The van der Waals surface area contributed by atoms with Crippen molar-refractivity contribution in [1.29, 1.82) is 0 Å². The summed E-state index contributed by atoms with van der Waals surface area (Å²) < 4.78 is 4.98. The highest BCUT2D eigenvalue weighted by Gasteiger charge is 2.20. The van der Waals surface area contributed by atoms with E-state index in [1.165, 1.54) is 0 Å². The molecule has 0 saturated heterocycles. The predicted octanol–water partition coefficient (Wildman–Crippen LogP) is 2.64. The van der Waals surface area contributed by atoms with Gasteiger partial charge in [0.1, 0.15) is 5.60 Å². The number of carboxylic acid groups (broad SMARTS) is 1. The minimum atomic E-state index is -1.39. The molecule has 0 aliphatic rings. The van der Waals surface area contributed by atoms with Gasteiger partial charge in [-0.05, 0) is 26.8 Å². The zero-order valence-electron chi connectivity index (χ0n) is 11.2. The number of hydrogen-bond acceptors (Lipinski definition) is 5. The lowest BCUT2D eigenvalue weighted by molar-refractivity contribution is -0.384. The van der Waals surface area contributed by atoms with Gasteiger partial charge in [0.25, 0.3) is 5.69 Å². The molecule has 0 atom stereocenters. The second-order valence-electron chi connectivity index (χ2n) is 4.92. The maximum atomic E-state index is 11.6. The zero-order chi connectivity index (χ0) is 15.5. The van der Waals surface area contributed by atoms with Crippen LogP contribution in [0.25, 0.3) is 0 Å². The molecule has 108 valence electrons. The third-order valence-corrected chi connectivity index (χ3v) is 2.08. The fraction of sp³-hybridized carbons (Fsp3) is 0.333. The number of carbonyl (C=O) groups excluding carboxylic acids is 1. The van der Waals surface area contributed by atoms with Crippen molar-refractivity contribution in [3.63, 3.8) is 0 Å². The van der Waals surface area contributed by atoms with Gasteiger partial charge in [0.2, 0.25) is 0 Å². The summed E-state index contributed by atoms with van der Waals surface area (Å²) >= 11 is 0. The Morgan fingerprint density at radius 2 is 1.95 bits per heavy atom. The fourth-order valence-corrected chi connectivity index (χ4v) is 1.35. The van der Waals surface area contributed by atoms with Crippen molar-refractivity contribution in [2.24, 2.45) is 0 Å². The topological polar surface area (TPSA) is 119 Å². The molecular weight excluding hydrogens is 268 g/mol. The number of anilines is 1. The first-order valence-electron chi connectivity index (χ1n) is 5.62. The molecule has 0 fully saturated rings. The Balaban J connectivity index is 3.03. The summed E-state index contributed by atoms with van der Waals surface area (Å²) in [7, 11) is 0. The molecule has 0 spiro atoms. The molecule has 1 aromatic carbocycles. The van der Waals surface area contributed by atoms with Crippen molar-refractivity contribution in [3.8, 4) is 0 Å². The minimum Gasteiger partial charge on any atom is -0.478 e. The Kier molecular flexibility index (Phi) is 4.28. The lowest BCUT2D eigenvalue weighted by atomic mass is 10.1. The van der Waals surface area contributed by atoms with Crippen molar-refractivity contribution in [3.05, 3.63) is 33.9 Å². The van der Waals surface area contributed by atoms with Gasteiger partial charge in [0.15, 0.2) is 0 Å². The molecule has 0 unspecified atom stereocenters. The molecule has 0 aromatic heterocycles. The van der Waals surface area contributed by atoms with Crippen LogP contribution in [0.1, 0.15) is 31.1 Å². The van der Waals surface area contributed by atoms with Crippen LogP contribution in [0.2, 0.25) is 0 Å². The van der Waals surface area contributed by atoms with E-state index in [9.17, 15) is 19.7 Å². The van der Waals surface area contributed by atoms with Crippen molar-refractivity contribution < 1.29 is 24.4 Å². The molecular formula is C12H14N2O6. The number of nitro groups is 1. The number of carboxylic acids is 1. The van der Waals surface area contributed by atoms with Crippen molar-refractivity contribution in [1.82, 2.24) is 0 Å². The van der Waals surface area contributed by atoms with E-state index in [-0.39, 0.29) is 16.9 Å². The number of benzene rings is 1. The summed E-state index contributed by atoms with van der Waals surface area (Å²) in [5.41, 5.74) is -1.58. The molecule has 0 heterocycles. The third kappa shape index (κ3) is 4.23. The van der Waals surface area contributed by atoms with Gasteiger partial charge in [0, 0.05) is 12.1 Å². The number of nitrogens with one attached hydrogen (secondary N) is 1. The van der Waals surface area contributed by atoms with Crippen LogP contribution >= 0.6 is 0 Å². The van der Waals surface area contributed by atoms with Crippen molar-refractivity contribution in [2.75, 3.05) is 5.32 Å². The molecule has 8 nitrogen and oxygen atoms in total. The van der Waals surface area contributed by atoms with Gasteiger partial charge in [-0.25, -0.2) is 9.59 Å². The Bertz CT molecular complexity index is 562. The maximum absolute atomic E-state index is 11.6. The predicted molar refractivity (Wildman–Crippen MR) is 69.9 cm³/mol. The number of amides is 1. The zero-order valence-corrected chi connectivity index (χ0v) is 11.2. The number of nitrogens with zero attached hydrogens (tertiary/aromatic N) is 1. The molecule has 0 saturated carbocycles. The highest BCUT2D eigenvalue weighted by Crippen LogP contribution is 2.23. The van der Waals surface area contributed by atoms with E-state index in [1.807, 2.05) is 0 Å². The summed E-state index contributed by atoms with van der Waals surface area (Å²) in [5.74, 6) is -1.39. The number of aromatic carboxylic acids is 1. The molecule has 0 bridgehead atoms. The number of carbonyl (C=O) groups is 2. The van der Waals surface area contributed by atoms with Crippen LogP contribution in [-0.2, 0) is 4.74 Å². The molecule has 20 heavy (non-hydrogen) atoms. The highest BCUT2D eigenvalue weighted by atomic mass is 16.6. The summed E-state index contributed by atoms with van der Waals surface area (Å²) in [4.78, 5) is 32.5. The molecule has 0 radical (unpaired) electrons. The van der Waals surface area contributed by atoms with Gasteiger partial charge in [-0.1, -0.05) is 0 Å². The average molecular weight is 282 g/mol. The molecule has 2 N–H and O–H groups in total. The highest BCUT2D eigenvalue weighted by molar-refractivity contribution is 5.99. The summed E-state index contributed by atoms with van der Waals surface area (Å²) in [6.45, 7) is 4.96. The van der Waals surface area contributed by atoms with Crippen molar-refractivity contribution >= 4 is 23.4 Å². The monoisotopic (exact) mass is 282 g/mol. The molecule has 0 aliphatic carbocycles. The number of hydrogen-bond donors (Lipinski definition) is 2. The molecule has 1 amide bonds. The van der Waals surface area contributed by atoms with Crippen LogP contribution in [0, 0.1) is 10.1 Å². The van der Waals surface area contributed by atoms with Crippen LogP contribution in [0.5, 0.6) is 0 Å². The van der Waals surface area contributed by atoms with Gasteiger partial charge in [-0.2, -0.15) is 0 Å². The van der Waals surface area contributed by atoms with E-state index < -0.39 is 22.6 Å². The largest absolute Gasteiger partial charge is 0.478 e. The Morgan fingerprint density at radius 3 is 2.40 bits per heavy atom. The first kappa shape index (κ1) is 15.4. The molecule has 1 rings (SSSR count). The lowest BCUT2D eigenvalue weighted by Crippen LogP contribution is -2.27. The van der Waals surface area contributed by atoms with Gasteiger partial charge in [-0.15, -0.1) is 0 Å². The first-order chi connectivity index (χ1) is 9.10. The van der Waals surface area contributed by atoms with Gasteiger partial charge < -0.3 is 9.84 Å². The van der Waals surface area contributed by atoms with Gasteiger partial charge >= 0.3 is 12.1 Å². The third-order valence-electron chi connectivity index (χ3n) is 2.08. The summed E-state index contributed by atoms with van der Waals surface area (Å²) in [6.07, 6.45) is -0.839. The van der Waals surface area contributed by atoms with Crippen LogP contribution in [0.3, 0.4) is 0 Å². The molecule has 8 heteroatoms. The fourth-order valence-electron chi connectivity index (χ4n) is 1.35. The molecule has 0 aliphatic heterocycles.